The molecule has 8 nitrogen and oxygen atoms in total. The van der Waals surface area contributed by atoms with Gasteiger partial charge in [0.25, 0.3) is 5.69 Å². The summed E-state index contributed by atoms with van der Waals surface area (Å²) < 4.78 is 5.05. The molecule has 0 unspecified atom stereocenters. The summed E-state index contributed by atoms with van der Waals surface area (Å²) in [5.41, 5.74) is 1.04. The summed E-state index contributed by atoms with van der Waals surface area (Å²) in [4.78, 5) is 33.8. The van der Waals surface area contributed by atoms with Crippen LogP contribution in [0.4, 0.5) is 5.69 Å². The number of aliphatic carboxylic acids is 1. The van der Waals surface area contributed by atoms with Gasteiger partial charge in [-0.2, -0.15) is 0 Å². The molecule has 8 heteroatoms. The molecule has 0 fully saturated rings. The fraction of sp³-hybridized carbons (Fsp3) is 0.222. The highest BCUT2D eigenvalue weighted by Crippen LogP contribution is 2.15. The summed E-state index contributed by atoms with van der Waals surface area (Å²) >= 11 is 0. The van der Waals surface area contributed by atoms with E-state index in [-0.39, 0.29) is 18.5 Å². The number of hydrogen-bond acceptors (Lipinski definition) is 5. The number of nitro benzene ring substituents is 1. The number of carbonyl (C=O) groups is 2. The maximum atomic E-state index is 12.1. The molecule has 1 atom stereocenters. The number of methoxy groups -OCH3 is 1. The predicted octanol–water partition coefficient (Wildman–Crippen LogP) is 1.96. The number of nitro groups is 1. The zero-order valence-corrected chi connectivity index (χ0v) is 14.0. The van der Waals surface area contributed by atoms with E-state index in [0.29, 0.717) is 11.3 Å². The van der Waals surface area contributed by atoms with Gasteiger partial charge in [-0.1, -0.05) is 24.3 Å². The first-order chi connectivity index (χ1) is 12.4. The average molecular weight is 358 g/mol. The number of carboxylic acid groups (broad SMARTS) is 1. The van der Waals surface area contributed by atoms with Gasteiger partial charge in [-0.05, 0) is 23.3 Å². The summed E-state index contributed by atoms with van der Waals surface area (Å²) in [6.07, 6.45) is -0.0337. The third-order valence-electron chi connectivity index (χ3n) is 3.72. The van der Waals surface area contributed by atoms with Crippen LogP contribution >= 0.6 is 0 Å². The summed E-state index contributed by atoms with van der Waals surface area (Å²) in [6.45, 7) is 0. The first kappa shape index (κ1) is 18.9. The van der Waals surface area contributed by atoms with Crippen LogP contribution in [-0.4, -0.2) is 35.1 Å². The van der Waals surface area contributed by atoms with Crippen molar-refractivity contribution < 1.29 is 24.4 Å². The van der Waals surface area contributed by atoms with Crippen molar-refractivity contribution in [2.75, 3.05) is 7.11 Å². The highest BCUT2D eigenvalue weighted by atomic mass is 16.6. The molecule has 0 aliphatic rings. The van der Waals surface area contributed by atoms with E-state index in [1.54, 1.807) is 30.3 Å². The van der Waals surface area contributed by atoms with Crippen molar-refractivity contribution >= 4 is 17.6 Å². The normalized spacial score (nSPS) is 11.4. The Labute approximate surface area is 149 Å². The highest BCUT2D eigenvalue weighted by Gasteiger charge is 2.21. The Bertz CT molecular complexity index is 804. The highest BCUT2D eigenvalue weighted by molar-refractivity contribution is 5.85. The Balaban J connectivity index is 2.02. The number of nitrogens with zero attached hydrogens (tertiary/aromatic N) is 1. The van der Waals surface area contributed by atoms with E-state index in [1.807, 2.05) is 0 Å². The van der Waals surface area contributed by atoms with Gasteiger partial charge in [0.1, 0.15) is 11.8 Å². The fourth-order valence-electron chi connectivity index (χ4n) is 2.41. The van der Waals surface area contributed by atoms with Crippen molar-refractivity contribution in [3.05, 3.63) is 69.8 Å². The minimum atomic E-state index is -1.16. The van der Waals surface area contributed by atoms with Crippen LogP contribution in [0.3, 0.4) is 0 Å². The van der Waals surface area contributed by atoms with Gasteiger partial charge >= 0.3 is 5.97 Å². The van der Waals surface area contributed by atoms with Crippen LogP contribution in [0.2, 0.25) is 0 Å². The molecular weight excluding hydrogens is 340 g/mol. The first-order valence-corrected chi connectivity index (χ1v) is 7.77. The third kappa shape index (κ3) is 5.30. The third-order valence-corrected chi connectivity index (χ3v) is 3.72. The molecule has 2 aromatic carbocycles. The lowest BCUT2D eigenvalue weighted by Gasteiger charge is -2.15. The Morgan fingerprint density at radius 3 is 2.46 bits per heavy atom. The van der Waals surface area contributed by atoms with Gasteiger partial charge in [0.05, 0.1) is 18.5 Å². The molecule has 0 radical (unpaired) electrons. The van der Waals surface area contributed by atoms with Crippen LogP contribution in [0.15, 0.2) is 48.5 Å². The number of hydrogen-bond donors (Lipinski definition) is 2. The van der Waals surface area contributed by atoms with Gasteiger partial charge in [-0.25, -0.2) is 4.79 Å². The van der Waals surface area contributed by atoms with Crippen LogP contribution in [-0.2, 0) is 22.4 Å². The van der Waals surface area contributed by atoms with Crippen LogP contribution in [0, 0.1) is 10.1 Å². The summed E-state index contributed by atoms with van der Waals surface area (Å²) in [5, 5.41) is 22.6. The van der Waals surface area contributed by atoms with Crippen LogP contribution < -0.4 is 10.1 Å². The monoisotopic (exact) mass is 358 g/mol. The predicted molar refractivity (Wildman–Crippen MR) is 93.1 cm³/mol. The molecular formula is C18H18N2O6. The van der Waals surface area contributed by atoms with Gasteiger partial charge in [0.15, 0.2) is 0 Å². The Hall–Kier alpha value is -3.42. The molecule has 0 aromatic heterocycles. The minimum Gasteiger partial charge on any atom is -0.497 e. The quantitative estimate of drug-likeness (QED) is 0.550. The van der Waals surface area contributed by atoms with Gasteiger partial charge in [0, 0.05) is 18.6 Å². The summed E-state index contributed by atoms with van der Waals surface area (Å²) in [6, 6.07) is 11.4. The lowest BCUT2D eigenvalue weighted by Crippen LogP contribution is -2.43. The van der Waals surface area contributed by atoms with Crippen LogP contribution in [0.5, 0.6) is 5.75 Å². The number of benzene rings is 2. The second-order valence-corrected chi connectivity index (χ2v) is 5.61. The topological polar surface area (TPSA) is 119 Å². The van der Waals surface area contributed by atoms with Crippen molar-refractivity contribution in [1.29, 1.82) is 0 Å². The average Bonchev–Trinajstić information content (AvgIpc) is 2.61. The van der Waals surface area contributed by atoms with Crippen LogP contribution in [0.1, 0.15) is 11.1 Å². The number of carboxylic acids is 1. The van der Waals surface area contributed by atoms with E-state index in [2.05, 4.69) is 5.32 Å². The molecule has 0 heterocycles. The van der Waals surface area contributed by atoms with Gasteiger partial charge in [-0.15, -0.1) is 0 Å². The SMILES string of the molecule is COc1ccc(C[C@H](NC(=O)Cc2cccc([N+](=O)[O-])c2)C(=O)O)cc1. The molecule has 136 valence electrons. The molecule has 0 saturated carbocycles. The number of amides is 1. The van der Waals surface area contributed by atoms with E-state index in [4.69, 9.17) is 4.74 Å². The lowest BCUT2D eigenvalue weighted by molar-refractivity contribution is -0.384. The molecule has 0 spiro atoms. The van der Waals surface area contributed by atoms with E-state index in [0.717, 1.165) is 5.56 Å². The second-order valence-electron chi connectivity index (χ2n) is 5.61. The molecule has 0 saturated heterocycles. The van der Waals surface area contributed by atoms with E-state index >= 15 is 0 Å². The fourth-order valence-corrected chi connectivity index (χ4v) is 2.41. The molecule has 26 heavy (non-hydrogen) atoms. The van der Waals surface area contributed by atoms with Crippen molar-refractivity contribution in [3.63, 3.8) is 0 Å². The molecule has 0 bridgehead atoms. The minimum absolute atomic E-state index is 0.111. The Kier molecular flexibility index (Phi) is 6.26. The van der Waals surface area contributed by atoms with E-state index in [9.17, 15) is 24.8 Å². The summed E-state index contributed by atoms with van der Waals surface area (Å²) in [5.74, 6) is -1.03. The van der Waals surface area contributed by atoms with Crippen molar-refractivity contribution in [2.45, 2.75) is 18.9 Å². The maximum Gasteiger partial charge on any atom is 0.326 e. The van der Waals surface area contributed by atoms with Crippen molar-refractivity contribution in [1.82, 2.24) is 5.32 Å². The van der Waals surface area contributed by atoms with Gasteiger partial charge in [-0.3, -0.25) is 14.9 Å². The molecule has 2 rings (SSSR count). The molecule has 1 amide bonds. The number of nitrogens with one attached hydrogen (secondary N) is 1. The van der Waals surface area contributed by atoms with Gasteiger partial charge < -0.3 is 15.2 Å². The summed E-state index contributed by atoms with van der Waals surface area (Å²) in [7, 11) is 1.53. The van der Waals surface area contributed by atoms with Crippen LogP contribution in [0.25, 0.3) is 0 Å². The number of rotatable bonds is 8. The smallest absolute Gasteiger partial charge is 0.326 e. The maximum absolute atomic E-state index is 12.1. The largest absolute Gasteiger partial charge is 0.497 e. The van der Waals surface area contributed by atoms with E-state index < -0.39 is 22.8 Å². The number of carbonyl (C=O) groups excluding carboxylic acids is 1. The standard InChI is InChI=1S/C18H18N2O6/c1-26-15-7-5-12(6-8-15)10-16(18(22)23)19-17(21)11-13-3-2-4-14(9-13)20(24)25/h2-9,16H,10-11H2,1H3,(H,19,21)(H,22,23)/t16-/m0/s1. The zero-order valence-electron chi connectivity index (χ0n) is 14.0. The second kappa shape index (κ2) is 8.61. The number of non-ortho nitro benzene ring substituents is 1. The Morgan fingerprint density at radius 2 is 1.88 bits per heavy atom. The van der Waals surface area contributed by atoms with Crippen molar-refractivity contribution in [2.24, 2.45) is 0 Å². The first-order valence-electron chi connectivity index (χ1n) is 7.77. The Morgan fingerprint density at radius 1 is 1.19 bits per heavy atom. The zero-order chi connectivity index (χ0) is 19.1. The van der Waals surface area contributed by atoms with Gasteiger partial charge in [0.2, 0.25) is 5.91 Å². The number of ether oxygens (including phenoxy) is 1. The van der Waals surface area contributed by atoms with Crippen molar-refractivity contribution in [3.8, 4) is 5.75 Å². The van der Waals surface area contributed by atoms with E-state index in [1.165, 1.54) is 25.3 Å². The lowest BCUT2D eigenvalue weighted by atomic mass is 10.0. The molecule has 0 aliphatic heterocycles. The molecule has 0 aliphatic carbocycles. The molecule has 2 N–H and O–H groups in total. The molecule has 2 aromatic rings.